The maximum absolute atomic E-state index is 12.6. The lowest BCUT2D eigenvalue weighted by Crippen LogP contribution is -2.40. The number of hydrogen-bond acceptors (Lipinski definition) is 4. The Morgan fingerprint density at radius 2 is 2.11 bits per heavy atom. The number of H-pyrrole nitrogens is 1. The number of morpholine rings is 1. The highest BCUT2D eigenvalue weighted by atomic mass is 16.5. The van der Waals surface area contributed by atoms with Crippen LogP contribution in [0.4, 0.5) is 0 Å². The van der Waals surface area contributed by atoms with E-state index in [0.29, 0.717) is 32.0 Å². The fourth-order valence-electron chi connectivity index (χ4n) is 4.47. The highest BCUT2D eigenvalue weighted by Crippen LogP contribution is 2.44. The Labute approximate surface area is 159 Å². The molecule has 27 heavy (non-hydrogen) atoms. The molecule has 2 aromatic rings. The van der Waals surface area contributed by atoms with Gasteiger partial charge in [-0.25, -0.2) is 0 Å². The van der Waals surface area contributed by atoms with Crippen molar-refractivity contribution in [3.05, 3.63) is 30.0 Å². The molecular weight excluding hydrogens is 342 g/mol. The van der Waals surface area contributed by atoms with Gasteiger partial charge in [0.2, 0.25) is 0 Å². The summed E-state index contributed by atoms with van der Waals surface area (Å²) in [5.74, 6) is 1.91. The number of piperidine rings is 1. The number of nitrogens with one attached hydrogen (secondary N) is 1. The SMILES string of the molecule is O=C(c1cc2cc(OCCCN3CCC4CC43)ccc2[nH]1)N1CCOCC1. The number of fused-ring (bicyclic) bond motifs is 2. The maximum Gasteiger partial charge on any atom is 0.270 e. The van der Waals surface area contributed by atoms with E-state index in [2.05, 4.69) is 9.88 Å². The number of aromatic amines is 1. The lowest BCUT2D eigenvalue weighted by molar-refractivity contribution is 0.0299. The number of hydrogen-bond donors (Lipinski definition) is 1. The molecule has 1 aliphatic carbocycles. The Bertz CT molecular complexity index is 827. The molecule has 2 aliphatic heterocycles. The van der Waals surface area contributed by atoms with Crippen LogP contribution in [-0.2, 0) is 4.74 Å². The first-order valence-corrected chi connectivity index (χ1v) is 10.1. The molecule has 3 heterocycles. The highest BCUT2D eigenvalue weighted by Gasteiger charge is 2.46. The Kier molecular flexibility index (Phi) is 4.53. The van der Waals surface area contributed by atoms with Crippen LogP contribution in [0.25, 0.3) is 10.9 Å². The zero-order valence-electron chi connectivity index (χ0n) is 15.7. The first-order chi connectivity index (χ1) is 13.3. The number of carbonyl (C=O) groups excluding carboxylic acids is 1. The average molecular weight is 369 g/mol. The van der Waals surface area contributed by atoms with Crippen LogP contribution in [0.3, 0.4) is 0 Å². The third-order valence-electron chi connectivity index (χ3n) is 6.12. The van der Waals surface area contributed by atoms with Gasteiger partial charge in [0.15, 0.2) is 0 Å². The number of aromatic nitrogens is 1. The van der Waals surface area contributed by atoms with E-state index in [1.54, 1.807) is 0 Å². The minimum atomic E-state index is 0.0426. The molecule has 3 fully saturated rings. The zero-order chi connectivity index (χ0) is 18.2. The summed E-state index contributed by atoms with van der Waals surface area (Å²) >= 11 is 0. The maximum atomic E-state index is 12.6. The van der Waals surface area contributed by atoms with E-state index in [0.717, 1.165) is 48.2 Å². The molecule has 6 heteroatoms. The summed E-state index contributed by atoms with van der Waals surface area (Å²) in [5.41, 5.74) is 1.60. The van der Waals surface area contributed by atoms with Gasteiger partial charge in [-0.1, -0.05) is 0 Å². The summed E-state index contributed by atoms with van der Waals surface area (Å²) in [5, 5.41) is 1.02. The smallest absolute Gasteiger partial charge is 0.270 e. The number of likely N-dealkylation sites (tertiary alicyclic amines) is 1. The zero-order valence-corrected chi connectivity index (χ0v) is 15.7. The first-order valence-electron chi connectivity index (χ1n) is 10.1. The van der Waals surface area contributed by atoms with Gasteiger partial charge in [0, 0.05) is 36.6 Å². The highest BCUT2D eigenvalue weighted by molar-refractivity contribution is 5.98. The van der Waals surface area contributed by atoms with Gasteiger partial charge in [0.05, 0.1) is 19.8 Å². The Morgan fingerprint density at radius 1 is 1.22 bits per heavy atom. The lowest BCUT2D eigenvalue weighted by Gasteiger charge is -2.26. The van der Waals surface area contributed by atoms with Crippen LogP contribution in [-0.4, -0.2) is 72.7 Å². The van der Waals surface area contributed by atoms with Gasteiger partial charge in [-0.3, -0.25) is 9.69 Å². The largest absolute Gasteiger partial charge is 0.494 e. The van der Waals surface area contributed by atoms with Crippen LogP contribution in [0.15, 0.2) is 24.3 Å². The molecule has 1 N–H and O–H groups in total. The lowest BCUT2D eigenvalue weighted by atomic mass is 10.2. The third-order valence-corrected chi connectivity index (χ3v) is 6.12. The molecule has 1 amide bonds. The van der Waals surface area contributed by atoms with Crippen molar-refractivity contribution in [2.24, 2.45) is 5.92 Å². The van der Waals surface area contributed by atoms with Gasteiger partial charge >= 0.3 is 0 Å². The summed E-state index contributed by atoms with van der Waals surface area (Å²) in [7, 11) is 0. The van der Waals surface area contributed by atoms with Crippen LogP contribution in [0.5, 0.6) is 5.75 Å². The molecule has 6 nitrogen and oxygen atoms in total. The number of amides is 1. The number of carbonyl (C=O) groups is 1. The second-order valence-corrected chi connectivity index (χ2v) is 7.93. The average Bonchev–Trinajstić information content (AvgIpc) is 3.19. The van der Waals surface area contributed by atoms with E-state index in [1.807, 2.05) is 29.2 Å². The summed E-state index contributed by atoms with van der Waals surface area (Å²) < 4.78 is 11.3. The normalized spacial score (nSPS) is 25.0. The van der Waals surface area contributed by atoms with Crippen LogP contribution in [0.1, 0.15) is 29.8 Å². The van der Waals surface area contributed by atoms with Crippen LogP contribution < -0.4 is 4.74 Å². The third kappa shape index (κ3) is 3.56. The molecule has 1 saturated carbocycles. The van der Waals surface area contributed by atoms with Gasteiger partial charge in [-0.2, -0.15) is 0 Å². The summed E-state index contributed by atoms with van der Waals surface area (Å²) in [6.45, 7) is 5.69. The first kappa shape index (κ1) is 17.1. The van der Waals surface area contributed by atoms with Crippen molar-refractivity contribution in [1.82, 2.24) is 14.8 Å². The molecule has 0 radical (unpaired) electrons. The molecule has 1 aromatic carbocycles. The van der Waals surface area contributed by atoms with Crippen LogP contribution in [0, 0.1) is 5.92 Å². The Morgan fingerprint density at radius 3 is 2.89 bits per heavy atom. The van der Waals surface area contributed by atoms with Gasteiger partial charge in [0.25, 0.3) is 5.91 Å². The molecule has 2 atom stereocenters. The van der Waals surface area contributed by atoms with E-state index >= 15 is 0 Å². The van der Waals surface area contributed by atoms with Crippen molar-refractivity contribution < 1.29 is 14.3 Å². The van der Waals surface area contributed by atoms with Crippen molar-refractivity contribution in [2.45, 2.75) is 25.3 Å². The predicted octanol–water partition coefficient (Wildman–Crippen LogP) is 2.50. The van der Waals surface area contributed by atoms with Gasteiger partial charge in [-0.05, 0) is 56.0 Å². The van der Waals surface area contributed by atoms with Crippen LogP contribution in [0.2, 0.25) is 0 Å². The van der Waals surface area contributed by atoms with E-state index in [1.165, 1.54) is 19.4 Å². The van der Waals surface area contributed by atoms with Gasteiger partial charge in [-0.15, -0.1) is 0 Å². The van der Waals surface area contributed by atoms with E-state index < -0.39 is 0 Å². The molecule has 144 valence electrons. The molecular formula is C21H27N3O3. The summed E-state index contributed by atoms with van der Waals surface area (Å²) in [6, 6.07) is 8.81. The Hall–Kier alpha value is -2.05. The van der Waals surface area contributed by atoms with Crippen LogP contribution >= 0.6 is 0 Å². The minimum absolute atomic E-state index is 0.0426. The van der Waals surface area contributed by atoms with Gasteiger partial charge < -0.3 is 19.4 Å². The molecule has 0 spiro atoms. The fourth-order valence-corrected chi connectivity index (χ4v) is 4.47. The van der Waals surface area contributed by atoms with Crippen molar-refractivity contribution in [2.75, 3.05) is 46.0 Å². The number of rotatable bonds is 6. The topological polar surface area (TPSA) is 57.8 Å². The minimum Gasteiger partial charge on any atom is -0.494 e. The second kappa shape index (κ2) is 7.17. The standard InChI is InChI=1S/C21H27N3O3/c25-21(24-7-10-26-11-8-24)19-13-16-12-17(2-3-18(16)22-19)27-9-1-5-23-6-4-15-14-20(15)23/h2-3,12-13,15,20,22H,1,4-11,14H2. The predicted molar refractivity (Wildman–Crippen MR) is 103 cm³/mol. The van der Waals surface area contributed by atoms with Crippen molar-refractivity contribution in [3.8, 4) is 5.75 Å². The molecule has 5 rings (SSSR count). The molecule has 0 bridgehead atoms. The molecule has 3 aliphatic rings. The summed E-state index contributed by atoms with van der Waals surface area (Å²) in [4.78, 5) is 20.3. The second-order valence-electron chi connectivity index (χ2n) is 7.93. The summed E-state index contributed by atoms with van der Waals surface area (Å²) in [6.07, 6.45) is 3.87. The fraction of sp³-hybridized carbons (Fsp3) is 0.571. The van der Waals surface area contributed by atoms with Crippen molar-refractivity contribution >= 4 is 16.8 Å². The van der Waals surface area contributed by atoms with Crippen molar-refractivity contribution in [1.29, 1.82) is 0 Å². The molecule has 1 aromatic heterocycles. The molecule has 2 unspecified atom stereocenters. The number of nitrogens with zero attached hydrogens (tertiary/aromatic N) is 2. The number of benzene rings is 1. The van der Waals surface area contributed by atoms with E-state index in [-0.39, 0.29) is 5.91 Å². The molecule has 2 saturated heterocycles. The monoisotopic (exact) mass is 369 g/mol. The number of ether oxygens (including phenoxy) is 2. The van der Waals surface area contributed by atoms with E-state index in [9.17, 15) is 4.79 Å². The Balaban J connectivity index is 1.18. The quantitative estimate of drug-likeness (QED) is 0.795. The van der Waals surface area contributed by atoms with Crippen molar-refractivity contribution in [3.63, 3.8) is 0 Å². The van der Waals surface area contributed by atoms with Gasteiger partial charge in [0.1, 0.15) is 11.4 Å². The van der Waals surface area contributed by atoms with E-state index in [4.69, 9.17) is 9.47 Å².